The number of carbonyl (C=O) groups excluding carboxylic acids is 2. The topological polar surface area (TPSA) is 72.4 Å². The smallest absolute Gasteiger partial charge is 0.407 e. The summed E-state index contributed by atoms with van der Waals surface area (Å²) < 4.78 is 6.81. The molecule has 0 radical (unpaired) electrons. The van der Waals surface area contributed by atoms with Gasteiger partial charge in [0.1, 0.15) is 5.00 Å². The molecule has 134 valence electrons. The largest absolute Gasteiger partial charge is 0.450 e. The number of rotatable bonds is 6. The first-order valence-electron chi connectivity index (χ1n) is 8.67. The molecule has 0 atom stereocenters. The van der Waals surface area contributed by atoms with Crippen molar-refractivity contribution in [2.24, 2.45) is 0 Å². The highest BCUT2D eigenvalue weighted by atomic mass is 32.1. The lowest BCUT2D eigenvalue weighted by Gasteiger charge is -2.13. The zero-order valence-corrected chi connectivity index (χ0v) is 15.2. The molecule has 0 bridgehead atoms. The van der Waals surface area contributed by atoms with Crippen LogP contribution in [0.1, 0.15) is 40.6 Å². The second-order valence-electron chi connectivity index (χ2n) is 5.88. The van der Waals surface area contributed by atoms with Crippen LogP contribution in [0, 0.1) is 0 Å². The Labute approximate surface area is 151 Å². The molecule has 0 saturated heterocycles. The Bertz CT molecular complexity index is 737. The summed E-state index contributed by atoms with van der Waals surface area (Å²) >= 11 is 1.71. The van der Waals surface area contributed by atoms with Crippen LogP contribution in [0.25, 0.3) is 5.00 Å². The number of carbonyl (C=O) groups is 2. The van der Waals surface area contributed by atoms with Gasteiger partial charge in [-0.25, -0.2) is 4.79 Å². The number of aromatic nitrogens is 1. The molecule has 2 aromatic heterocycles. The molecule has 0 fully saturated rings. The highest BCUT2D eigenvalue weighted by molar-refractivity contribution is 7.15. The van der Waals surface area contributed by atoms with Gasteiger partial charge < -0.3 is 19.9 Å². The summed E-state index contributed by atoms with van der Waals surface area (Å²) in [5, 5.41) is 6.51. The highest BCUT2D eigenvalue weighted by Crippen LogP contribution is 2.36. The van der Waals surface area contributed by atoms with E-state index in [0.29, 0.717) is 19.7 Å². The van der Waals surface area contributed by atoms with Crippen LogP contribution in [-0.4, -0.2) is 36.3 Å². The quantitative estimate of drug-likeness (QED) is 0.777. The normalized spacial score (nSPS) is 13.2. The molecule has 0 aromatic carbocycles. The van der Waals surface area contributed by atoms with Gasteiger partial charge in [-0.05, 0) is 50.3 Å². The monoisotopic (exact) mass is 361 g/mol. The van der Waals surface area contributed by atoms with E-state index in [1.807, 2.05) is 29.1 Å². The van der Waals surface area contributed by atoms with Crippen LogP contribution in [0.5, 0.6) is 0 Å². The van der Waals surface area contributed by atoms with E-state index in [9.17, 15) is 9.59 Å². The fraction of sp³-hybridized carbons (Fsp3) is 0.444. The van der Waals surface area contributed by atoms with Crippen LogP contribution in [0.3, 0.4) is 0 Å². The maximum Gasteiger partial charge on any atom is 0.407 e. The first kappa shape index (κ1) is 17.5. The molecule has 2 N–H and O–H groups in total. The molecule has 0 saturated carbocycles. The third kappa shape index (κ3) is 4.04. The zero-order valence-electron chi connectivity index (χ0n) is 14.3. The fourth-order valence-electron chi connectivity index (χ4n) is 3.05. The molecular weight excluding hydrogens is 338 g/mol. The average Bonchev–Trinajstić information content (AvgIpc) is 3.25. The minimum atomic E-state index is -0.460. The third-order valence-corrected chi connectivity index (χ3v) is 5.48. The number of fused-ring (bicyclic) bond motifs is 1. The van der Waals surface area contributed by atoms with Crippen molar-refractivity contribution in [3.8, 4) is 5.00 Å². The Morgan fingerprint density at radius 1 is 1.16 bits per heavy atom. The van der Waals surface area contributed by atoms with Gasteiger partial charge >= 0.3 is 6.09 Å². The maximum atomic E-state index is 12.8. The van der Waals surface area contributed by atoms with E-state index in [0.717, 1.165) is 29.8 Å². The lowest BCUT2D eigenvalue weighted by atomic mass is 9.95. The van der Waals surface area contributed by atoms with Crippen LogP contribution in [0.4, 0.5) is 4.79 Å². The number of alkyl carbamates (subject to hydrolysis) is 1. The Balaban J connectivity index is 1.71. The fourth-order valence-corrected chi connectivity index (χ4v) is 4.40. The minimum Gasteiger partial charge on any atom is -0.450 e. The molecule has 2 amide bonds. The van der Waals surface area contributed by atoms with E-state index < -0.39 is 6.09 Å². The molecule has 1 aliphatic carbocycles. The van der Waals surface area contributed by atoms with Crippen LogP contribution in [0.2, 0.25) is 0 Å². The SMILES string of the molecule is CCOC(=O)NCCNC(=O)c1c(-n2cccc2)sc2c1CCCC2. The number of nitrogens with one attached hydrogen (secondary N) is 2. The van der Waals surface area contributed by atoms with Gasteiger partial charge in [0, 0.05) is 30.4 Å². The van der Waals surface area contributed by atoms with E-state index in [1.54, 1.807) is 18.3 Å². The number of hydrogen-bond donors (Lipinski definition) is 2. The van der Waals surface area contributed by atoms with Gasteiger partial charge in [-0.2, -0.15) is 0 Å². The predicted octanol–water partition coefficient (Wildman–Crippen LogP) is 2.89. The number of amides is 2. The van der Waals surface area contributed by atoms with E-state index in [2.05, 4.69) is 10.6 Å². The Morgan fingerprint density at radius 3 is 2.64 bits per heavy atom. The molecule has 0 spiro atoms. The van der Waals surface area contributed by atoms with Crippen LogP contribution in [0.15, 0.2) is 24.5 Å². The highest BCUT2D eigenvalue weighted by Gasteiger charge is 2.25. The van der Waals surface area contributed by atoms with Gasteiger partial charge in [-0.15, -0.1) is 11.3 Å². The van der Waals surface area contributed by atoms with Gasteiger partial charge in [-0.1, -0.05) is 0 Å². The van der Waals surface area contributed by atoms with Crippen molar-refractivity contribution in [3.05, 3.63) is 40.5 Å². The first-order chi connectivity index (χ1) is 12.2. The second-order valence-corrected chi connectivity index (χ2v) is 6.97. The predicted molar refractivity (Wildman–Crippen MR) is 97.6 cm³/mol. The van der Waals surface area contributed by atoms with Crippen LogP contribution in [-0.2, 0) is 17.6 Å². The Morgan fingerprint density at radius 2 is 1.88 bits per heavy atom. The number of aryl methyl sites for hydroxylation is 1. The van der Waals surface area contributed by atoms with Crippen molar-refractivity contribution in [1.82, 2.24) is 15.2 Å². The summed E-state index contributed by atoms with van der Waals surface area (Å²) in [6.07, 6.45) is 7.79. The van der Waals surface area contributed by atoms with Crippen LogP contribution < -0.4 is 10.6 Å². The second kappa shape index (κ2) is 8.20. The molecule has 2 heterocycles. The van der Waals surface area contributed by atoms with E-state index in [4.69, 9.17) is 4.74 Å². The molecule has 25 heavy (non-hydrogen) atoms. The first-order valence-corrected chi connectivity index (χ1v) is 9.49. The summed E-state index contributed by atoms with van der Waals surface area (Å²) in [4.78, 5) is 25.4. The van der Waals surface area contributed by atoms with Gasteiger partial charge in [0.2, 0.25) is 0 Å². The molecule has 0 unspecified atom stereocenters. The lowest BCUT2D eigenvalue weighted by Crippen LogP contribution is -2.35. The summed E-state index contributed by atoms with van der Waals surface area (Å²) in [7, 11) is 0. The van der Waals surface area contributed by atoms with Crippen molar-refractivity contribution < 1.29 is 14.3 Å². The molecule has 2 aromatic rings. The van der Waals surface area contributed by atoms with Crippen molar-refractivity contribution in [3.63, 3.8) is 0 Å². The third-order valence-electron chi connectivity index (χ3n) is 4.17. The number of hydrogen-bond acceptors (Lipinski definition) is 4. The lowest BCUT2D eigenvalue weighted by molar-refractivity contribution is 0.0951. The van der Waals surface area contributed by atoms with E-state index in [1.165, 1.54) is 16.9 Å². The number of nitrogens with zero attached hydrogens (tertiary/aromatic N) is 1. The van der Waals surface area contributed by atoms with Gasteiger partial charge in [-0.3, -0.25) is 4.79 Å². The van der Waals surface area contributed by atoms with E-state index in [-0.39, 0.29) is 5.91 Å². The molecule has 6 nitrogen and oxygen atoms in total. The Kier molecular flexibility index (Phi) is 5.75. The zero-order chi connectivity index (χ0) is 17.6. The van der Waals surface area contributed by atoms with E-state index >= 15 is 0 Å². The van der Waals surface area contributed by atoms with Crippen molar-refractivity contribution in [2.45, 2.75) is 32.6 Å². The number of ether oxygens (including phenoxy) is 1. The van der Waals surface area contributed by atoms with Crippen LogP contribution >= 0.6 is 11.3 Å². The maximum absolute atomic E-state index is 12.8. The molecule has 3 rings (SSSR count). The van der Waals surface area contributed by atoms with Gasteiger partial charge in [0.15, 0.2) is 0 Å². The summed E-state index contributed by atoms with van der Waals surface area (Å²) in [5.41, 5.74) is 1.97. The van der Waals surface area contributed by atoms with Gasteiger partial charge in [0.25, 0.3) is 5.91 Å². The number of thiophene rings is 1. The standard InChI is InChI=1S/C18H23N3O3S/c1-2-24-18(23)20-10-9-19-16(22)15-13-7-3-4-8-14(13)25-17(15)21-11-5-6-12-21/h5-6,11-12H,2-4,7-10H2,1H3,(H,19,22)(H,20,23). The molecule has 0 aliphatic heterocycles. The van der Waals surface area contributed by atoms with Crippen molar-refractivity contribution >= 4 is 23.3 Å². The van der Waals surface area contributed by atoms with Crippen molar-refractivity contribution in [2.75, 3.05) is 19.7 Å². The minimum absolute atomic E-state index is 0.0752. The molecular formula is C18H23N3O3S. The summed E-state index contributed by atoms with van der Waals surface area (Å²) in [5.74, 6) is -0.0752. The summed E-state index contributed by atoms with van der Waals surface area (Å²) in [6, 6.07) is 3.92. The summed E-state index contributed by atoms with van der Waals surface area (Å²) in [6.45, 7) is 2.80. The van der Waals surface area contributed by atoms with Crippen molar-refractivity contribution in [1.29, 1.82) is 0 Å². The molecule has 1 aliphatic rings. The molecule has 7 heteroatoms. The van der Waals surface area contributed by atoms with Gasteiger partial charge in [0.05, 0.1) is 12.2 Å². The average molecular weight is 361 g/mol. The Hall–Kier alpha value is -2.28.